The summed E-state index contributed by atoms with van der Waals surface area (Å²) in [5, 5.41) is 0. The molecule has 0 aliphatic carbocycles. The fourth-order valence-corrected chi connectivity index (χ4v) is 3.38. The van der Waals surface area contributed by atoms with Crippen LogP contribution in [0.25, 0.3) is 0 Å². The molecule has 0 spiro atoms. The first-order valence-corrected chi connectivity index (χ1v) is 7.35. The SMILES string of the molecule is CN(CC1CCOCC1)c1ncc(Br)cc1Br. The summed E-state index contributed by atoms with van der Waals surface area (Å²) in [6.07, 6.45) is 4.14. The van der Waals surface area contributed by atoms with Crippen LogP contribution in [-0.2, 0) is 4.74 Å². The van der Waals surface area contributed by atoms with Gasteiger partial charge in [0.25, 0.3) is 0 Å². The van der Waals surface area contributed by atoms with Crippen LogP contribution in [0.3, 0.4) is 0 Å². The van der Waals surface area contributed by atoms with Crippen LogP contribution < -0.4 is 4.90 Å². The third-order valence-corrected chi connectivity index (χ3v) is 4.04. The lowest BCUT2D eigenvalue weighted by Crippen LogP contribution is -2.30. The van der Waals surface area contributed by atoms with Crippen LogP contribution in [-0.4, -0.2) is 31.8 Å². The van der Waals surface area contributed by atoms with E-state index in [4.69, 9.17) is 4.74 Å². The molecule has 0 saturated carbocycles. The standard InChI is InChI=1S/C12H16Br2N2O/c1-16(8-9-2-4-17-5-3-9)12-11(14)6-10(13)7-15-12/h6-7,9H,2-5,8H2,1H3. The van der Waals surface area contributed by atoms with Crippen LogP contribution in [0.4, 0.5) is 5.82 Å². The Morgan fingerprint density at radius 3 is 2.76 bits per heavy atom. The Labute approximate surface area is 119 Å². The number of anilines is 1. The van der Waals surface area contributed by atoms with Crippen molar-refractivity contribution >= 4 is 37.7 Å². The minimum Gasteiger partial charge on any atom is -0.381 e. The molecule has 1 aromatic rings. The first-order chi connectivity index (χ1) is 8.16. The number of rotatable bonds is 3. The minimum absolute atomic E-state index is 0.714. The third-order valence-electron chi connectivity index (χ3n) is 3.02. The third kappa shape index (κ3) is 3.66. The summed E-state index contributed by atoms with van der Waals surface area (Å²) in [5.41, 5.74) is 0. The van der Waals surface area contributed by atoms with Gasteiger partial charge in [-0.3, -0.25) is 0 Å². The van der Waals surface area contributed by atoms with E-state index in [0.29, 0.717) is 5.92 Å². The number of halogens is 2. The maximum absolute atomic E-state index is 5.38. The second-order valence-corrected chi connectivity index (χ2v) is 6.17. The molecule has 1 fully saturated rings. The van der Waals surface area contributed by atoms with E-state index in [1.807, 2.05) is 12.3 Å². The van der Waals surface area contributed by atoms with E-state index in [1.165, 1.54) is 0 Å². The Balaban J connectivity index is 2.00. The number of pyridine rings is 1. The zero-order chi connectivity index (χ0) is 12.3. The quantitative estimate of drug-likeness (QED) is 0.822. The van der Waals surface area contributed by atoms with Crippen LogP contribution in [0.15, 0.2) is 21.2 Å². The summed E-state index contributed by atoms with van der Waals surface area (Å²) in [6.45, 7) is 2.83. The fourth-order valence-electron chi connectivity index (χ4n) is 2.09. The molecule has 0 bridgehead atoms. The number of aromatic nitrogens is 1. The molecule has 0 amide bonds. The van der Waals surface area contributed by atoms with Crippen molar-refractivity contribution in [1.29, 1.82) is 0 Å². The Hall–Kier alpha value is -0.130. The summed E-state index contributed by atoms with van der Waals surface area (Å²) < 4.78 is 7.40. The Kier molecular flexibility index (Phi) is 4.82. The van der Waals surface area contributed by atoms with Gasteiger partial charge in [0.15, 0.2) is 0 Å². The number of hydrogen-bond donors (Lipinski definition) is 0. The molecule has 1 aromatic heterocycles. The first kappa shape index (κ1) is 13.3. The summed E-state index contributed by atoms with van der Waals surface area (Å²) >= 11 is 6.97. The normalized spacial score (nSPS) is 17.1. The van der Waals surface area contributed by atoms with E-state index in [-0.39, 0.29) is 0 Å². The second-order valence-electron chi connectivity index (χ2n) is 4.40. The van der Waals surface area contributed by atoms with Gasteiger partial charge in [-0.05, 0) is 56.7 Å². The molecule has 94 valence electrons. The summed E-state index contributed by atoms with van der Waals surface area (Å²) in [7, 11) is 2.09. The molecule has 2 heterocycles. The van der Waals surface area contributed by atoms with Crippen molar-refractivity contribution in [2.24, 2.45) is 5.92 Å². The maximum atomic E-state index is 5.38. The van der Waals surface area contributed by atoms with Crippen molar-refractivity contribution < 1.29 is 4.74 Å². The highest BCUT2D eigenvalue weighted by Gasteiger charge is 2.17. The largest absolute Gasteiger partial charge is 0.381 e. The molecule has 0 radical (unpaired) electrons. The fraction of sp³-hybridized carbons (Fsp3) is 0.583. The van der Waals surface area contributed by atoms with Gasteiger partial charge in [-0.15, -0.1) is 0 Å². The minimum atomic E-state index is 0.714. The van der Waals surface area contributed by atoms with E-state index in [1.54, 1.807) is 0 Å². The molecule has 3 nitrogen and oxygen atoms in total. The number of hydrogen-bond acceptors (Lipinski definition) is 3. The van der Waals surface area contributed by atoms with Gasteiger partial charge in [0, 0.05) is 37.5 Å². The maximum Gasteiger partial charge on any atom is 0.142 e. The Morgan fingerprint density at radius 2 is 2.12 bits per heavy atom. The molecule has 0 aromatic carbocycles. The van der Waals surface area contributed by atoms with Crippen molar-refractivity contribution in [2.45, 2.75) is 12.8 Å². The van der Waals surface area contributed by atoms with Crippen molar-refractivity contribution in [3.63, 3.8) is 0 Å². The Bertz CT molecular complexity index is 381. The lowest BCUT2D eigenvalue weighted by molar-refractivity contribution is 0.0685. The predicted molar refractivity (Wildman–Crippen MR) is 76.5 cm³/mol. The van der Waals surface area contributed by atoms with Gasteiger partial charge in [-0.25, -0.2) is 4.98 Å². The van der Waals surface area contributed by atoms with Gasteiger partial charge >= 0.3 is 0 Å². The molecule has 5 heteroatoms. The van der Waals surface area contributed by atoms with E-state index in [2.05, 4.69) is 48.8 Å². The summed E-state index contributed by atoms with van der Waals surface area (Å²) in [4.78, 5) is 6.66. The zero-order valence-corrected chi connectivity index (χ0v) is 13.0. The molecule has 0 unspecified atom stereocenters. The van der Waals surface area contributed by atoms with E-state index < -0.39 is 0 Å². The van der Waals surface area contributed by atoms with Crippen molar-refractivity contribution in [3.05, 3.63) is 21.2 Å². The molecule has 1 saturated heterocycles. The molecular weight excluding hydrogens is 348 g/mol. The molecular formula is C12H16Br2N2O. The van der Waals surface area contributed by atoms with Gasteiger partial charge in [0.05, 0.1) is 4.47 Å². The van der Waals surface area contributed by atoms with Gasteiger partial charge in [0.1, 0.15) is 5.82 Å². The van der Waals surface area contributed by atoms with Crippen LogP contribution in [0.5, 0.6) is 0 Å². The van der Waals surface area contributed by atoms with Gasteiger partial charge in [-0.1, -0.05) is 0 Å². The number of nitrogens with zero attached hydrogens (tertiary/aromatic N) is 2. The molecule has 0 N–H and O–H groups in total. The summed E-state index contributed by atoms with van der Waals surface area (Å²) in [5.74, 6) is 1.71. The molecule has 1 aliphatic heterocycles. The first-order valence-electron chi connectivity index (χ1n) is 5.76. The van der Waals surface area contributed by atoms with E-state index in [9.17, 15) is 0 Å². The monoisotopic (exact) mass is 362 g/mol. The van der Waals surface area contributed by atoms with Gasteiger partial charge in [0.2, 0.25) is 0 Å². The lowest BCUT2D eigenvalue weighted by Gasteiger charge is -2.28. The van der Waals surface area contributed by atoms with Crippen LogP contribution in [0.1, 0.15) is 12.8 Å². The molecule has 0 atom stereocenters. The lowest BCUT2D eigenvalue weighted by atomic mass is 10.00. The highest BCUT2D eigenvalue weighted by molar-refractivity contribution is 9.11. The van der Waals surface area contributed by atoms with Crippen molar-refractivity contribution in [2.75, 3.05) is 31.7 Å². The smallest absolute Gasteiger partial charge is 0.142 e. The van der Waals surface area contributed by atoms with Crippen molar-refractivity contribution in [1.82, 2.24) is 4.98 Å². The van der Waals surface area contributed by atoms with Gasteiger partial charge in [-0.2, -0.15) is 0 Å². The van der Waals surface area contributed by atoms with Crippen LogP contribution in [0.2, 0.25) is 0 Å². The summed E-state index contributed by atoms with van der Waals surface area (Å²) in [6, 6.07) is 2.03. The highest BCUT2D eigenvalue weighted by Crippen LogP contribution is 2.27. The molecule has 2 rings (SSSR count). The van der Waals surface area contributed by atoms with E-state index >= 15 is 0 Å². The average molecular weight is 364 g/mol. The second kappa shape index (κ2) is 6.16. The van der Waals surface area contributed by atoms with Crippen LogP contribution >= 0.6 is 31.9 Å². The molecule has 17 heavy (non-hydrogen) atoms. The Morgan fingerprint density at radius 1 is 1.41 bits per heavy atom. The zero-order valence-electron chi connectivity index (χ0n) is 9.83. The van der Waals surface area contributed by atoms with E-state index in [0.717, 1.165) is 47.4 Å². The topological polar surface area (TPSA) is 25.4 Å². The predicted octanol–water partition coefficient (Wildman–Crippen LogP) is 3.47. The average Bonchev–Trinajstić information content (AvgIpc) is 2.30. The van der Waals surface area contributed by atoms with Crippen LogP contribution in [0, 0.1) is 5.92 Å². The number of ether oxygens (including phenoxy) is 1. The molecule has 1 aliphatic rings. The van der Waals surface area contributed by atoms with Crippen molar-refractivity contribution in [3.8, 4) is 0 Å². The van der Waals surface area contributed by atoms with Gasteiger partial charge < -0.3 is 9.64 Å². The highest BCUT2D eigenvalue weighted by atomic mass is 79.9.